The predicted octanol–water partition coefficient (Wildman–Crippen LogP) is 0.800. The fourth-order valence-corrected chi connectivity index (χ4v) is 2.08. The van der Waals surface area contributed by atoms with E-state index in [-0.39, 0.29) is 12.5 Å². The Morgan fingerprint density at radius 2 is 2.21 bits per heavy atom. The summed E-state index contributed by atoms with van der Waals surface area (Å²) >= 11 is 0. The van der Waals surface area contributed by atoms with Crippen molar-refractivity contribution in [1.29, 1.82) is 0 Å². The van der Waals surface area contributed by atoms with Gasteiger partial charge >= 0.3 is 0 Å². The number of amides is 1. The molecule has 0 aromatic heterocycles. The van der Waals surface area contributed by atoms with E-state index < -0.39 is 0 Å². The number of carbonyl (C=O) groups excluding carboxylic acids is 1. The minimum Gasteiger partial charge on any atom is -0.493 e. The minimum atomic E-state index is -0.0993. The van der Waals surface area contributed by atoms with Gasteiger partial charge in [-0.3, -0.25) is 4.79 Å². The standard InChI is InChI=1S/C14H20N2O3/c1-18-12-4-2-3-5-13(12)19-10-14(17)16-9-11-6-7-15-8-11/h2-5,11,15H,6-10H2,1H3,(H,16,17). The van der Waals surface area contributed by atoms with Gasteiger partial charge in [-0.15, -0.1) is 0 Å². The van der Waals surface area contributed by atoms with Crippen LogP contribution in [0.4, 0.5) is 0 Å². The van der Waals surface area contributed by atoms with Crippen molar-refractivity contribution in [1.82, 2.24) is 10.6 Å². The van der Waals surface area contributed by atoms with Gasteiger partial charge in [-0.25, -0.2) is 0 Å². The summed E-state index contributed by atoms with van der Waals surface area (Å²) in [5.74, 6) is 1.66. The Hall–Kier alpha value is -1.75. The molecule has 0 saturated carbocycles. The number of carbonyl (C=O) groups is 1. The number of benzene rings is 1. The maximum atomic E-state index is 11.7. The number of ether oxygens (including phenoxy) is 2. The molecule has 1 atom stereocenters. The van der Waals surface area contributed by atoms with Crippen LogP contribution in [-0.2, 0) is 4.79 Å². The van der Waals surface area contributed by atoms with Gasteiger partial charge in [0.2, 0.25) is 0 Å². The molecule has 0 aliphatic carbocycles. The fraction of sp³-hybridized carbons (Fsp3) is 0.500. The first kappa shape index (κ1) is 13.7. The van der Waals surface area contributed by atoms with E-state index in [2.05, 4.69) is 10.6 Å². The van der Waals surface area contributed by atoms with Crippen LogP contribution in [0, 0.1) is 5.92 Å². The van der Waals surface area contributed by atoms with Crippen molar-refractivity contribution >= 4 is 5.91 Å². The molecule has 1 amide bonds. The molecule has 5 nitrogen and oxygen atoms in total. The van der Waals surface area contributed by atoms with Gasteiger partial charge in [-0.1, -0.05) is 12.1 Å². The van der Waals surface area contributed by atoms with Crippen molar-refractivity contribution in [2.24, 2.45) is 5.92 Å². The number of methoxy groups -OCH3 is 1. The van der Waals surface area contributed by atoms with Crippen molar-refractivity contribution in [3.63, 3.8) is 0 Å². The highest BCUT2D eigenvalue weighted by atomic mass is 16.5. The van der Waals surface area contributed by atoms with E-state index in [1.165, 1.54) is 0 Å². The molecule has 5 heteroatoms. The smallest absolute Gasteiger partial charge is 0.257 e. The zero-order valence-electron chi connectivity index (χ0n) is 11.1. The molecule has 1 aromatic carbocycles. The third-order valence-corrected chi connectivity index (χ3v) is 3.18. The van der Waals surface area contributed by atoms with E-state index in [1.807, 2.05) is 12.1 Å². The first-order valence-electron chi connectivity index (χ1n) is 6.53. The maximum Gasteiger partial charge on any atom is 0.257 e. The lowest BCUT2D eigenvalue weighted by Crippen LogP contribution is -2.33. The number of hydrogen-bond donors (Lipinski definition) is 2. The van der Waals surface area contributed by atoms with Crippen LogP contribution in [0.15, 0.2) is 24.3 Å². The lowest BCUT2D eigenvalue weighted by Gasteiger charge is -2.12. The van der Waals surface area contributed by atoms with Crippen LogP contribution in [-0.4, -0.2) is 39.3 Å². The molecule has 104 valence electrons. The number of para-hydroxylation sites is 2. The van der Waals surface area contributed by atoms with E-state index in [4.69, 9.17) is 9.47 Å². The molecule has 1 aromatic rings. The first-order valence-corrected chi connectivity index (χ1v) is 6.53. The highest BCUT2D eigenvalue weighted by Crippen LogP contribution is 2.25. The summed E-state index contributed by atoms with van der Waals surface area (Å²) in [6.45, 7) is 2.74. The largest absolute Gasteiger partial charge is 0.493 e. The van der Waals surface area contributed by atoms with Crippen molar-refractivity contribution < 1.29 is 14.3 Å². The molecule has 1 heterocycles. The lowest BCUT2D eigenvalue weighted by atomic mass is 10.1. The number of nitrogens with one attached hydrogen (secondary N) is 2. The summed E-state index contributed by atoms with van der Waals surface area (Å²) in [6, 6.07) is 7.29. The number of rotatable bonds is 6. The third-order valence-electron chi connectivity index (χ3n) is 3.18. The topological polar surface area (TPSA) is 59.6 Å². The van der Waals surface area contributed by atoms with E-state index in [1.54, 1.807) is 19.2 Å². The summed E-state index contributed by atoms with van der Waals surface area (Å²) in [4.78, 5) is 11.7. The van der Waals surface area contributed by atoms with Crippen molar-refractivity contribution in [3.8, 4) is 11.5 Å². The Morgan fingerprint density at radius 1 is 1.42 bits per heavy atom. The van der Waals surface area contributed by atoms with Crippen molar-refractivity contribution in [3.05, 3.63) is 24.3 Å². The highest BCUT2D eigenvalue weighted by Gasteiger charge is 2.15. The molecule has 0 radical (unpaired) electrons. The SMILES string of the molecule is COc1ccccc1OCC(=O)NCC1CCNC1. The average molecular weight is 264 g/mol. The van der Waals surface area contributed by atoms with Crippen LogP contribution in [0.2, 0.25) is 0 Å². The average Bonchev–Trinajstić information content (AvgIpc) is 2.96. The Balaban J connectivity index is 1.73. The van der Waals surface area contributed by atoms with Crippen LogP contribution in [0.25, 0.3) is 0 Å². The zero-order valence-corrected chi connectivity index (χ0v) is 11.1. The monoisotopic (exact) mass is 264 g/mol. The van der Waals surface area contributed by atoms with Crippen LogP contribution < -0.4 is 20.1 Å². The second-order valence-corrected chi connectivity index (χ2v) is 4.60. The Bertz CT molecular complexity index is 417. The summed E-state index contributed by atoms with van der Waals surface area (Å²) in [5, 5.41) is 6.16. The van der Waals surface area contributed by atoms with Crippen molar-refractivity contribution in [2.45, 2.75) is 6.42 Å². The van der Waals surface area contributed by atoms with Crippen LogP contribution in [0.1, 0.15) is 6.42 Å². The van der Waals surface area contributed by atoms with Crippen LogP contribution in [0.3, 0.4) is 0 Å². The molecule has 1 aliphatic heterocycles. The molecule has 1 unspecified atom stereocenters. The van der Waals surface area contributed by atoms with E-state index in [0.717, 1.165) is 19.5 Å². The summed E-state index contributed by atoms with van der Waals surface area (Å²) in [6.07, 6.45) is 1.12. The molecule has 0 spiro atoms. The minimum absolute atomic E-state index is 0.0144. The molecule has 1 saturated heterocycles. The third kappa shape index (κ3) is 4.13. The summed E-state index contributed by atoms with van der Waals surface area (Å²) in [5.41, 5.74) is 0. The van der Waals surface area contributed by atoms with Crippen molar-refractivity contribution in [2.75, 3.05) is 33.4 Å². The van der Waals surface area contributed by atoms with Crippen LogP contribution in [0.5, 0.6) is 11.5 Å². The van der Waals surface area contributed by atoms with Gasteiger partial charge in [-0.05, 0) is 37.6 Å². The predicted molar refractivity (Wildman–Crippen MR) is 72.5 cm³/mol. The van der Waals surface area contributed by atoms with Crippen LogP contribution >= 0.6 is 0 Å². The second-order valence-electron chi connectivity index (χ2n) is 4.60. The van der Waals surface area contributed by atoms with Gasteiger partial charge in [0.05, 0.1) is 7.11 Å². The first-order chi connectivity index (χ1) is 9.29. The molecule has 1 fully saturated rings. The normalized spacial score (nSPS) is 18.1. The van der Waals surface area contributed by atoms with Gasteiger partial charge in [0, 0.05) is 6.54 Å². The highest BCUT2D eigenvalue weighted by molar-refractivity contribution is 5.77. The molecule has 2 N–H and O–H groups in total. The fourth-order valence-electron chi connectivity index (χ4n) is 2.08. The molecule has 19 heavy (non-hydrogen) atoms. The van der Waals surface area contributed by atoms with Gasteiger partial charge in [-0.2, -0.15) is 0 Å². The van der Waals surface area contributed by atoms with Gasteiger partial charge < -0.3 is 20.1 Å². The molecule has 1 aliphatic rings. The Labute approximate surface area is 113 Å². The number of hydrogen-bond acceptors (Lipinski definition) is 4. The van der Waals surface area contributed by atoms with E-state index in [9.17, 15) is 4.79 Å². The van der Waals surface area contributed by atoms with E-state index in [0.29, 0.717) is 24.0 Å². The Morgan fingerprint density at radius 3 is 2.89 bits per heavy atom. The zero-order chi connectivity index (χ0) is 13.5. The van der Waals surface area contributed by atoms with Gasteiger partial charge in [0.25, 0.3) is 5.91 Å². The molecular formula is C14H20N2O3. The molecular weight excluding hydrogens is 244 g/mol. The van der Waals surface area contributed by atoms with Gasteiger partial charge in [0.1, 0.15) is 0 Å². The van der Waals surface area contributed by atoms with Gasteiger partial charge in [0.15, 0.2) is 18.1 Å². The summed E-state index contributed by atoms with van der Waals surface area (Å²) in [7, 11) is 1.58. The Kier molecular flexibility index (Phi) is 5.03. The summed E-state index contributed by atoms with van der Waals surface area (Å²) < 4.78 is 10.6. The second kappa shape index (κ2) is 6.99. The molecule has 0 bridgehead atoms. The maximum absolute atomic E-state index is 11.7. The quantitative estimate of drug-likeness (QED) is 0.798. The molecule has 2 rings (SSSR count). The van der Waals surface area contributed by atoms with E-state index >= 15 is 0 Å². The lowest BCUT2D eigenvalue weighted by molar-refractivity contribution is -0.123.